The molecule has 23 heavy (non-hydrogen) atoms. The quantitative estimate of drug-likeness (QED) is 0.395. The van der Waals surface area contributed by atoms with Crippen LogP contribution in [-0.4, -0.2) is 53.2 Å². The zero-order valence-electron chi connectivity index (χ0n) is 14.1. The number of carbonyl (C=O) groups is 2. The number of aliphatic hydroxyl groups is 1. The Kier molecular flexibility index (Phi) is 7.41. The second-order valence-corrected chi connectivity index (χ2v) is 7.60. The zero-order chi connectivity index (χ0) is 17.5. The summed E-state index contributed by atoms with van der Waals surface area (Å²) in [6.07, 6.45) is 4.25. The van der Waals surface area contributed by atoms with Gasteiger partial charge in [0.15, 0.2) is 0 Å². The maximum absolute atomic E-state index is 11.7. The van der Waals surface area contributed by atoms with Crippen LogP contribution >= 0.6 is 11.8 Å². The van der Waals surface area contributed by atoms with Gasteiger partial charge in [0.2, 0.25) is 0 Å². The van der Waals surface area contributed by atoms with Crippen LogP contribution in [0.2, 0.25) is 0 Å². The van der Waals surface area contributed by atoms with Crippen LogP contribution in [0.15, 0.2) is 12.3 Å². The maximum Gasteiger partial charge on any atom is 0.315 e. The number of rotatable bonds is 8. The average Bonchev–Trinajstić information content (AvgIpc) is 2.89. The number of allylic oxidation sites excluding steroid dienone is 1. The van der Waals surface area contributed by atoms with E-state index in [9.17, 15) is 4.79 Å². The van der Waals surface area contributed by atoms with E-state index in [1.54, 1.807) is 0 Å². The summed E-state index contributed by atoms with van der Waals surface area (Å²) < 4.78 is 0. The van der Waals surface area contributed by atoms with E-state index in [1.165, 1.54) is 0 Å². The van der Waals surface area contributed by atoms with Crippen molar-refractivity contribution in [3.8, 4) is 0 Å². The van der Waals surface area contributed by atoms with Crippen molar-refractivity contribution in [2.24, 2.45) is 0 Å². The Bertz CT molecular complexity index is 435. The van der Waals surface area contributed by atoms with Crippen molar-refractivity contribution in [2.75, 3.05) is 18.9 Å². The molecular formula is C16H29N3O3S. The fraction of sp³-hybridized carbons (Fsp3) is 0.750. The number of amides is 2. The minimum absolute atomic E-state index is 0.0353. The molecule has 6 nitrogen and oxygen atoms in total. The van der Waals surface area contributed by atoms with Crippen LogP contribution in [0.25, 0.3) is 0 Å². The van der Waals surface area contributed by atoms with Crippen LogP contribution in [0.4, 0.5) is 4.79 Å². The first-order valence-electron chi connectivity index (χ1n) is 7.94. The van der Waals surface area contributed by atoms with Gasteiger partial charge in [-0.25, -0.2) is 4.79 Å². The van der Waals surface area contributed by atoms with Crippen LogP contribution in [0.5, 0.6) is 0 Å². The van der Waals surface area contributed by atoms with Gasteiger partial charge in [0.1, 0.15) is 6.79 Å². The summed E-state index contributed by atoms with van der Waals surface area (Å²) in [6, 6.07) is -0.0353. The number of hydrogen-bond donors (Lipinski definition) is 4. The van der Waals surface area contributed by atoms with Gasteiger partial charge in [-0.2, -0.15) is 11.8 Å². The second kappa shape index (κ2) is 8.59. The maximum atomic E-state index is 11.7. The van der Waals surface area contributed by atoms with Crippen molar-refractivity contribution in [3.05, 3.63) is 12.3 Å². The lowest BCUT2D eigenvalue weighted by molar-refractivity contribution is -0.0979. The summed E-state index contributed by atoms with van der Waals surface area (Å²) in [5.74, 6) is 0.970. The van der Waals surface area contributed by atoms with E-state index in [1.807, 2.05) is 18.6 Å². The molecule has 0 aromatic rings. The Labute approximate surface area is 142 Å². The van der Waals surface area contributed by atoms with Crippen molar-refractivity contribution >= 4 is 24.6 Å². The molecule has 4 N–H and O–H groups in total. The molecule has 0 radical (unpaired) electrons. The molecule has 3 atom stereocenters. The van der Waals surface area contributed by atoms with Crippen molar-refractivity contribution in [1.82, 2.24) is 16.0 Å². The molecule has 2 saturated heterocycles. The SMILES string of the molecule is C=C(CCCCC1SCC2(C)NC(=O)NC12C)NCCO.C=O. The molecule has 2 rings (SSSR count). The molecular weight excluding hydrogens is 314 g/mol. The lowest BCUT2D eigenvalue weighted by atomic mass is 9.79. The van der Waals surface area contributed by atoms with Crippen molar-refractivity contribution < 1.29 is 14.7 Å². The number of urea groups is 1. The van der Waals surface area contributed by atoms with Crippen molar-refractivity contribution in [3.63, 3.8) is 0 Å². The zero-order valence-corrected chi connectivity index (χ0v) is 14.9. The highest BCUT2D eigenvalue weighted by atomic mass is 32.2. The molecule has 132 valence electrons. The van der Waals surface area contributed by atoms with Gasteiger partial charge in [0.25, 0.3) is 0 Å². The Morgan fingerprint density at radius 2 is 2.09 bits per heavy atom. The molecule has 0 bridgehead atoms. The normalized spacial score (nSPS) is 31.4. The van der Waals surface area contributed by atoms with Crippen molar-refractivity contribution in [1.29, 1.82) is 0 Å². The third-order valence-electron chi connectivity index (χ3n) is 4.81. The molecule has 0 aromatic heterocycles. The first kappa shape index (κ1) is 19.8. The number of aliphatic hydroxyl groups excluding tert-OH is 1. The van der Waals surface area contributed by atoms with Crippen LogP contribution in [0, 0.1) is 0 Å². The first-order chi connectivity index (χ1) is 10.9. The predicted octanol–water partition coefficient (Wildman–Crippen LogP) is 1.40. The summed E-state index contributed by atoms with van der Waals surface area (Å²) in [5, 5.41) is 18.5. The summed E-state index contributed by atoms with van der Waals surface area (Å²) in [5.41, 5.74) is 0.710. The first-order valence-corrected chi connectivity index (χ1v) is 8.99. The number of unbranched alkanes of at least 4 members (excludes halogenated alkanes) is 1. The van der Waals surface area contributed by atoms with Gasteiger partial charge in [-0.15, -0.1) is 0 Å². The largest absolute Gasteiger partial charge is 0.395 e. The highest BCUT2D eigenvalue weighted by Crippen LogP contribution is 2.47. The minimum Gasteiger partial charge on any atom is -0.395 e. The number of thioether (sulfide) groups is 1. The number of hydrogen-bond acceptors (Lipinski definition) is 5. The molecule has 0 aliphatic carbocycles. The predicted molar refractivity (Wildman–Crippen MR) is 94.5 cm³/mol. The molecule has 2 heterocycles. The van der Waals surface area contributed by atoms with E-state index in [-0.39, 0.29) is 23.7 Å². The van der Waals surface area contributed by atoms with E-state index < -0.39 is 0 Å². The molecule has 2 fully saturated rings. The molecule has 2 aliphatic rings. The Balaban J connectivity index is 0.00000127. The van der Waals surface area contributed by atoms with E-state index in [2.05, 4.69) is 36.4 Å². The summed E-state index contributed by atoms with van der Waals surface area (Å²) in [6.45, 7) is 11.0. The Morgan fingerprint density at radius 1 is 1.39 bits per heavy atom. The summed E-state index contributed by atoms with van der Waals surface area (Å²) in [7, 11) is 0. The number of nitrogens with one attached hydrogen (secondary N) is 3. The monoisotopic (exact) mass is 343 g/mol. The smallest absolute Gasteiger partial charge is 0.315 e. The lowest BCUT2D eigenvalue weighted by Gasteiger charge is -2.35. The molecule has 0 aromatic carbocycles. The fourth-order valence-electron chi connectivity index (χ4n) is 3.20. The number of carbonyl (C=O) groups excluding carboxylic acids is 2. The lowest BCUT2D eigenvalue weighted by Crippen LogP contribution is -2.58. The topological polar surface area (TPSA) is 90.5 Å². The van der Waals surface area contributed by atoms with Gasteiger partial charge in [0.05, 0.1) is 17.7 Å². The third kappa shape index (κ3) is 4.41. The molecule has 3 unspecified atom stereocenters. The average molecular weight is 343 g/mol. The van der Waals surface area contributed by atoms with Gasteiger partial charge in [-0.1, -0.05) is 13.0 Å². The fourth-order valence-corrected chi connectivity index (χ4v) is 5.09. The number of fused-ring (bicyclic) bond motifs is 1. The standard InChI is InChI=1S/C15H27N3O2S.CH2O/c1-11(16-8-9-19)6-4-5-7-12-15(3)14(2,10-21-12)17-13(20)18-15;1-2/h12,16,19H,1,4-10H2,2-3H3,(H2,17,18,20);1H2. The van der Waals surface area contributed by atoms with Gasteiger partial charge < -0.3 is 25.9 Å². The highest BCUT2D eigenvalue weighted by Gasteiger charge is 2.60. The van der Waals surface area contributed by atoms with E-state index >= 15 is 0 Å². The molecule has 0 saturated carbocycles. The highest BCUT2D eigenvalue weighted by molar-refractivity contribution is 8.00. The van der Waals surface area contributed by atoms with Gasteiger partial charge in [-0.3, -0.25) is 0 Å². The van der Waals surface area contributed by atoms with E-state index in [4.69, 9.17) is 9.90 Å². The second-order valence-electron chi connectivity index (χ2n) is 6.41. The molecule has 2 amide bonds. The third-order valence-corrected chi connectivity index (χ3v) is 6.66. The summed E-state index contributed by atoms with van der Waals surface area (Å²) >= 11 is 1.96. The Hall–Kier alpha value is -1.21. The molecule has 2 aliphatic heterocycles. The van der Waals surface area contributed by atoms with Crippen LogP contribution < -0.4 is 16.0 Å². The Morgan fingerprint density at radius 3 is 2.74 bits per heavy atom. The van der Waals surface area contributed by atoms with E-state index in [0.717, 1.165) is 37.1 Å². The van der Waals surface area contributed by atoms with Gasteiger partial charge in [-0.05, 0) is 33.1 Å². The summed E-state index contributed by atoms with van der Waals surface area (Å²) in [4.78, 5) is 19.7. The van der Waals surface area contributed by atoms with Crippen molar-refractivity contribution in [2.45, 2.75) is 55.9 Å². The molecule has 7 heteroatoms. The van der Waals surface area contributed by atoms with Gasteiger partial charge in [0, 0.05) is 23.2 Å². The van der Waals surface area contributed by atoms with Gasteiger partial charge >= 0.3 is 6.03 Å². The minimum atomic E-state index is -0.152. The van der Waals surface area contributed by atoms with Crippen LogP contribution in [0.1, 0.15) is 39.5 Å². The van der Waals surface area contributed by atoms with E-state index in [0.29, 0.717) is 11.8 Å². The molecule has 0 spiro atoms. The van der Waals surface area contributed by atoms with Crippen LogP contribution in [0.3, 0.4) is 0 Å². The van der Waals surface area contributed by atoms with Crippen LogP contribution in [-0.2, 0) is 4.79 Å².